The second-order valence-corrected chi connectivity index (χ2v) is 5.18. The predicted molar refractivity (Wildman–Crippen MR) is 87.3 cm³/mol. The van der Waals surface area contributed by atoms with Crippen molar-refractivity contribution in [2.75, 3.05) is 0 Å². The number of carbonyl (C=O) groups is 1. The number of halogens is 3. The van der Waals surface area contributed by atoms with Gasteiger partial charge in [-0.1, -0.05) is 12.1 Å². The zero-order valence-electron chi connectivity index (χ0n) is 13.5. The zero-order chi connectivity index (χ0) is 19.4. The molecule has 0 amide bonds. The number of nitrogens with zero attached hydrogens (tertiary/aromatic N) is 3. The number of pyridine rings is 1. The minimum atomic E-state index is -0.988. The van der Waals surface area contributed by atoms with Gasteiger partial charge in [-0.2, -0.15) is 5.10 Å². The minimum absolute atomic E-state index is 0.0406. The van der Waals surface area contributed by atoms with Crippen LogP contribution in [0, 0.1) is 22.9 Å². The Morgan fingerprint density at radius 3 is 2.62 bits per heavy atom. The van der Waals surface area contributed by atoms with Crippen LogP contribution in [0.4, 0.5) is 13.2 Å². The summed E-state index contributed by atoms with van der Waals surface area (Å²) in [5.74, 6) is -3.76. The highest BCUT2D eigenvalue weighted by Gasteiger charge is 2.17. The van der Waals surface area contributed by atoms with Crippen LogP contribution in [-0.4, -0.2) is 31.7 Å². The molecule has 0 aliphatic heterocycles. The summed E-state index contributed by atoms with van der Waals surface area (Å²) in [5, 5.41) is 19.2. The van der Waals surface area contributed by atoms with Crippen molar-refractivity contribution in [2.24, 2.45) is 5.73 Å². The Morgan fingerprint density at radius 1 is 1.35 bits per heavy atom. The molecule has 7 nitrogen and oxygen atoms in total. The first-order chi connectivity index (χ1) is 12.2. The van der Waals surface area contributed by atoms with E-state index in [-0.39, 0.29) is 34.7 Å². The fourth-order valence-electron chi connectivity index (χ4n) is 2.18. The van der Waals surface area contributed by atoms with Crippen LogP contribution in [0.15, 0.2) is 30.5 Å². The number of amidine groups is 1. The molecule has 0 saturated carbocycles. The van der Waals surface area contributed by atoms with E-state index in [2.05, 4.69) is 10.1 Å². The van der Waals surface area contributed by atoms with Gasteiger partial charge in [0.25, 0.3) is 5.97 Å². The van der Waals surface area contributed by atoms with Gasteiger partial charge in [-0.15, -0.1) is 0 Å². The van der Waals surface area contributed by atoms with E-state index in [0.29, 0.717) is 0 Å². The molecule has 0 atom stereocenters. The fourth-order valence-corrected chi connectivity index (χ4v) is 2.18. The number of nitrogens with two attached hydrogens (primary N) is 1. The SMILES string of the molecule is CC(=O)O.N=C(N)c1nn(Cc2cccc(F)c2F)c2ncc(F)cc12. The monoisotopic (exact) mass is 365 g/mol. The highest BCUT2D eigenvalue weighted by atomic mass is 19.2. The topological polar surface area (TPSA) is 118 Å². The van der Waals surface area contributed by atoms with Gasteiger partial charge in [0.1, 0.15) is 17.3 Å². The molecule has 0 unspecified atom stereocenters. The third kappa shape index (κ3) is 4.15. The number of aliphatic carboxylic acids is 1. The highest BCUT2D eigenvalue weighted by Crippen LogP contribution is 2.20. The van der Waals surface area contributed by atoms with Crippen LogP contribution >= 0.6 is 0 Å². The number of rotatable bonds is 3. The normalized spacial score (nSPS) is 10.3. The summed E-state index contributed by atoms with van der Waals surface area (Å²) in [7, 11) is 0. The van der Waals surface area contributed by atoms with Crippen LogP contribution in [0.25, 0.3) is 11.0 Å². The molecule has 4 N–H and O–H groups in total. The maximum absolute atomic E-state index is 13.8. The van der Waals surface area contributed by atoms with Gasteiger partial charge < -0.3 is 10.8 Å². The number of aromatic nitrogens is 3. The van der Waals surface area contributed by atoms with Gasteiger partial charge in [-0.25, -0.2) is 22.8 Å². The number of nitrogens with one attached hydrogen (secondary N) is 1. The number of carboxylic acid groups (broad SMARTS) is 1. The maximum atomic E-state index is 13.8. The molecule has 0 aliphatic rings. The standard InChI is InChI=1S/C14H10F3N5.C2H4O2/c15-8-4-9-12(13(18)19)21-22(14(9)20-5-8)6-7-2-1-3-10(16)11(7)17;1-2(3)4/h1-5H,6H2,(H3,18,19);1H3,(H,3,4). The molecule has 2 aromatic heterocycles. The van der Waals surface area contributed by atoms with E-state index in [9.17, 15) is 13.2 Å². The van der Waals surface area contributed by atoms with E-state index >= 15 is 0 Å². The van der Waals surface area contributed by atoms with Crippen molar-refractivity contribution in [3.63, 3.8) is 0 Å². The quantitative estimate of drug-likeness (QED) is 0.486. The average Bonchev–Trinajstić information content (AvgIpc) is 2.89. The number of hydrogen-bond acceptors (Lipinski definition) is 4. The van der Waals surface area contributed by atoms with Crippen molar-refractivity contribution in [2.45, 2.75) is 13.5 Å². The lowest BCUT2D eigenvalue weighted by Crippen LogP contribution is -2.13. The summed E-state index contributed by atoms with van der Waals surface area (Å²) < 4.78 is 41.6. The number of benzene rings is 1. The molecule has 0 aliphatic carbocycles. The molecule has 2 heterocycles. The van der Waals surface area contributed by atoms with Gasteiger partial charge in [-0.05, 0) is 12.1 Å². The predicted octanol–water partition coefficient (Wildman–Crippen LogP) is 2.27. The van der Waals surface area contributed by atoms with Gasteiger partial charge in [0.05, 0.1) is 18.1 Å². The summed E-state index contributed by atoms with van der Waals surface area (Å²) in [6, 6.07) is 4.93. The van der Waals surface area contributed by atoms with Crippen LogP contribution in [0.3, 0.4) is 0 Å². The number of fused-ring (bicyclic) bond motifs is 1. The smallest absolute Gasteiger partial charge is 0.300 e. The number of nitrogen functional groups attached to an aromatic ring is 1. The summed E-state index contributed by atoms with van der Waals surface area (Å²) in [6.45, 7) is 0.964. The Kier molecular flexibility index (Phi) is 5.55. The molecule has 3 aromatic rings. The molecule has 26 heavy (non-hydrogen) atoms. The Hall–Kier alpha value is -3.43. The zero-order valence-corrected chi connectivity index (χ0v) is 13.5. The number of carboxylic acids is 1. The summed E-state index contributed by atoms with van der Waals surface area (Å²) in [6.07, 6.45) is 0.979. The van der Waals surface area contributed by atoms with Crippen LogP contribution < -0.4 is 5.73 Å². The van der Waals surface area contributed by atoms with Crippen molar-refractivity contribution >= 4 is 22.8 Å². The Bertz CT molecular complexity index is 983. The van der Waals surface area contributed by atoms with E-state index in [1.54, 1.807) is 0 Å². The van der Waals surface area contributed by atoms with E-state index in [1.165, 1.54) is 16.8 Å². The van der Waals surface area contributed by atoms with E-state index in [4.69, 9.17) is 21.0 Å². The lowest BCUT2D eigenvalue weighted by Gasteiger charge is -2.05. The minimum Gasteiger partial charge on any atom is -0.481 e. The average molecular weight is 365 g/mol. The molecule has 3 rings (SSSR count). The van der Waals surface area contributed by atoms with Crippen LogP contribution in [0.2, 0.25) is 0 Å². The second-order valence-electron chi connectivity index (χ2n) is 5.18. The van der Waals surface area contributed by atoms with Crippen LogP contribution in [0.5, 0.6) is 0 Å². The van der Waals surface area contributed by atoms with Crippen LogP contribution in [-0.2, 0) is 11.3 Å². The molecule has 0 saturated heterocycles. The maximum Gasteiger partial charge on any atom is 0.300 e. The summed E-state index contributed by atoms with van der Waals surface area (Å²) in [4.78, 5) is 12.9. The Balaban J connectivity index is 0.000000552. The summed E-state index contributed by atoms with van der Waals surface area (Å²) in [5.41, 5.74) is 5.75. The Labute approximate surface area is 145 Å². The third-order valence-electron chi connectivity index (χ3n) is 3.16. The van der Waals surface area contributed by atoms with E-state index in [0.717, 1.165) is 25.3 Å². The van der Waals surface area contributed by atoms with E-state index in [1.807, 2.05) is 0 Å². The van der Waals surface area contributed by atoms with Crippen molar-refractivity contribution in [3.05, 3.63) is 59.2 Å². The second kappa shape index (κ2) is 7.64. The highest BCUT2D eigenvalue weighted by molar-refractivity contribution is 6.04. The molecular formula is C16H14F3N5O2. The van der Waals surface area contributed by atoms with Gasteiger partial charge >= 0.3 is 0 Å². The van der Waals surface area contributed by atoms with Crippen molar-refractivity contribution < 1.29 is 23.1 Å². The van der Waals surface area contributed by atoms with Gasteiger partial charge in [-0.3, -0.25) is 10.2 Å². The molecule has 136 valence electrons. The van der Waals surface area contributed by atoms with Crippen molar-refractivity contribution in [3.8, 4) is 0 Å². The van der Waals surface area contributed by atoms with Gasteiger partial charge in [0, 0.05) is 12.5 Å². The van der Waals surface area contributed by atoms with Crippen molar-refractivity contribution in [1.82, 2.24) is 14.8 Å². The van der Waals surface area contributed by atoms with Gasteiger partial charge in [0.2, 0.25) is 0 Å². The van der Waals surface area contributed by atoms with Crippen LogP contribution in [0.1, 0.15) is 18.2 Å². The van der Waals surface area contributed by atoms with Gasteiger partial charge in [0.15, 0.2) is 17.3 Å². The van der Waals surface area contributed by atoms with E-state index < -0.39 is 23.4 Å². The first-order valence-corrected chi connectivity index (χ1v) is 7.19. The molecule has 1 aromatic carbocycles. The van der Waals surface area contributed by atoms with Crippen molar-refractivity contribution in [1.29, 1.82) is 5.41 Å². The summed E-state index contributed by atoms with van der Waals surface area (Å²) >= 11 is 0. The molecule has 0 fully saturated rings. The Morgan fingerprint density at radius 2 is 2.00 bits per heavy atom. The first kappa shape index (κ1) is 18.9. The molecule has 0 spiro atoms. The molecule has 0 radical (unpaired) electrons. The largest absolute Gasteiger partial charge is 0.481 e. The first-order valence-electron chi connectivity index (χ1n) is 7.19. The molecule has 10 heteroatoms. The number of hydrogen-bond donors (Lipinski definition) is 3. The molecule has 0 bridgehead atoms. The third-order valence-corrected chi connectivity index (χ3v) is 3.16. The molecular weight excluding hydrogens is 351 g/mol. The fraction of sp³-hybridized carbons (Fsp3) is 0.125. The lowest BCUT2D eigenvalue weighted by molar-refractivity contribution is -0.134. The lowest BCUT2D eigenvalue weighted by atomic mass is 10.2.